The Balaban J connectivity index is 1.72. The van der Waals surface area contributed by atoms with Crippen molar-refractivity contribution >= 4 is 28.2 Å². The van der Waals surface area contributed by atoms with Crippen LogP contribution in [0.5, 0.6) is 5.75 Å². The van der Waals surface area contributed by atoms with Crippen LogP contribution in [0.1, 0.15) is 22.7 Å². The zero-order valence-electron chi connectivity index (χ0n) is 18.5. The molecule has 1 fully saturated rings. The molecule has 0 radical (unpaired) electrons. The van der Waals surface area contributed by atoms with Gasteiger partial charge in [0.1, 0.15) is 11.5 Å². The second-order valence-corrected chi connectivity index (χ2v) is 8.09. The highest BCUT2D eigenvalue weighted by Gasteiger charge is 2.46. The maximum Gasteiger partial charge on any atom is 0.295 e. The lowest BCUT2D eigenvalue weighted by atomic mass is 9.91. The topological polar surface area (TPSA) is 79.7 Å². The summed E-state index contributed by atoms with van der Waals surface area (Å²) < 4.78 is 5.20. The summed E-state index contributed by atoms with van der Waals surface area (Å²) in [6.45, 7) is 0.186. The number of amides is 1. The number of benzene rings is 3. The minimum Gasteiger partial charge on any atom is -0.507 e. The number of ketones is 1. The number of hydrogen-bond acceptors (Lipinski definition) is 5. The molecular formula is C28H22N2O4. The van der Waals surface area contributed by atoms with Crippen molar-refractivity contribution in [2.75, 3.05) is 7.11 Å². The Hall–Kier alpha value is -4.45. The summed E-state index contributed by atoms with van der Waals surface area (Å²) in [5.41, 5.74) is 2.07. The molecule has 0 saturated carbocycles. The second kappa shape index (κ2) is 8.83. The largest absolute Gasteiger partial charge is 0.507 e. The van der Waals surface area contributed by atoms with Gasteiger partial charge in [0.05, 0.1) is 18.7 Å². The molecule has 6 nitrogen and oxygen atoms in total. The van der Waals surface area contributed by atoms with Crippen LogP contribution in [0.3, 0.4) is 0 Å². The monoisotopic (exact) mass is 450 g/mol. The van der Waals surface area contributed by atoms with Gasteiger partial charge in [0.2, 0.25) is 0 Å². The number of likely N-dealkylation sites (tertiary alicyclic amines) is 1. The van der Waals surface area contributed by atoms with E-state index in [4.69, 9.17) is 4.74 Å². The maximum atomic E-state index is 13.3. The number of methoxy groups -OCH3 is 1. The number of carbonyl (C=O) groups is 2. The van der Waals surface area contributed by atoms with Crippen LogP contribution < -0.4 is 4.74 Å². The Morgan fingerprint density at radius 3 is 2.47 bits per heavy atom. The van der Waals surface area contributed by atoms with Gasteiger partial charge in [-0.05, 0) is 52.2 Å². The molecular weight excluding hydrogens is 428 g/mol. The molecule has 168 valence electrons. The van der Waals surface area contributed by atoms with Crippen molar-refractivity contribution in [2.45, 2.75) is 12.6 Å². The average molecular weight is 450 g/mol. The number of hydrogen-bond donors (Lipinski definition) is 1. The van der Waals surface area contributed by atoms with Crippen molar-refractivity contribution in [3.63, 3.8) is 0 Å². The van der Waals surface area contributed by atoms with E-state index in [2.05, 4.69) is 4.98 Å². The molecule has 6 heteroatoms. The molecule has 4 aromatic rings. The van der Waals surface area contributed by atoms with Gasteiger partial charge in [0, 0.05) is 24.5 Å². The van der Waals surface area contributed by atoms with Crippen LogP contribution in [0, 0.1) is 0 Å². The molecule has 0 bridgehead atoms. The van der Waals surface area contributed by atoms with Crippen LogP contribution in [0.25, 0.3) is 16.5 Å². The minimum absolute atomic E-state index is 0.0652. The molecule has 1 N–H and O–H groups in total. The number of aliphatic hydroxyl groups is 1. The highest BCUT2D eigenvalue weighted by atomic mass is 16.5. The molecule has 1 atom stereocenters. The van der Waals surface area contributed by atoms with E-state index in [9.17, 15) is 14.7 Å². The summed E-state index contributed by atoms with van der Waals surface area (Å²) in [6.07, 6.45) is 3.33. The van der Waals surface area contributed by atoms with Gasteiger partial charge in [0.25, 0.3) is 11.7 Å². The molecule has 1 aliphatic heterocycles. The third kappa shape index (κ3) is 3.69. The predicted octanol–water partition coefficient (Wildman–Crippen LogP) is 4.87. The molecule has 1 saturated heterocycles. The van der Waals surface area contributed by atoms with Gasteiger partial charge in [-0.15, -0.1) is 0 Å². The van der Waals surface area contributed by atoms with Crippen molar-refractivity contribution < 1.29 is 19.4 Å². The third-order valence-electron chi connectivity index (χ3n) is 6.10. The first kappa shape index (κ1) is 21.4. The number of nitrogens with zero attached hydrogens (tertiary/aromatic N) is 2. The molecule has 1 amide bonds. The summed E-state index contributed by atoms with van der Waals surface area (Å²) in [5, 5.41) is 13.2. The van der Waals surface area contributed by atoms with Gasteiger partial charge in [-0.1, -0.05) is 48.5 Å². The molecule has 0 aliphatic carbocycles. The van der Waals surface area contributed by atoms with Crippen molar-refractivity contribution in [1.29, 1.82) is 0 Å². The Bertz CT molecular complexity index is 1410. The lowest BCUT2D eigenvalue weighted by Crippen LogP contribution is -2.29. The number of carbonyl (C=O) groups excluding carboxylic acids is 2. The van der Waals surface area contributed by atoms with Gasteiger partial charge in [-0.25, -0.2) is 0 Å². The van der Waals surface area contributed by atoms with E-state index in [1.165, 1.54) is 4.90 Å². The van der Waals surface area contributed by atoms with Crippen LogP contribution in [0.2, 0.25) is 0 Å². The van der Waals surface area contributed by atoms with Gasteiger partial charge in [-0.2, -0.15) is 0 Å². The molecule has 0 unspecified atom stereocenters. The van der Waals surface area contributed by atoms with E-state index in [1.54, 1.807) is 49.8 Å². The average Bonchev–Trinajstić information content (AvgIpc) is 3.13. The summed E-state index contributed by atoms with van der Waals surface area (Å²) in [6, 6.07) is 23.2. The SMILES string of the molecule is COc1ccc(C(O)=C2C(=O)C(=O)N(Cc3cccnc3)[C@@H]2c2cccc3ccccc23)cc1. The summed E-state index contributed by atoms with van der Waals surface area (Å²) in [5.74, 6) is -0.959. The van der Waals surface area contributed by atoms with Gasteiger partial charge >= 0.3 is 0 Å². The smallest absolute Gasteiger partial charge is 0.295 e. The number of rotatable bonds is 5. The summed E-state index contributed by atoms with van der Waals surface area (Å²) in [4.78, 5) is 32.2. The van der Waals surface area contributed by atoms with E-state index in [0.29, 0.717) is 11.3 Å². The Kier molecular flexibility index (Phi) is 5.55. The normalized spacial score (nSPS) is 17.3. The highest BCUT2D eigenvalue weighted by molar-refractivity contribution is 6.46. The van der Waals surface area contributed by atoms with Crippen LogP contribution in [-0.4, -0.2) is 33.8 Å². The molecule has 5 rings (SSSR count). The number of aliphatic hydroxyl groups excluding tert-OH is 1. The molecule has 3 aromatic carbocycles. The molecule has 34 heavy (non-hydrogen) atoms. The van der Waals surface area contributed by atoms with Crippen LogP contribution in [0.15, 0.2) is 96.8 Å². The first-order valence-corrected chi connectivity index (χ1v) is 10.9. The van der Waals surface area contributed by atoms with Crippen molar-refractivity contribution in [3.8, 4) is 5.75 Å². The highest BCUT2D eigenvalue weighted by Crippen LogP contribution is 2.42. The van der Waals surface area contributed by atoms with E-state index >= 15 is 0 Å². The molecule has 0 spiro atoms. The number of Topliss-reactive ketones (excluding diaryl/α,β-unsaturated/α-hetero) is 1. The van der Waals surface area contributed by atoms with E-state index in [0.717, 1.165) is 21.9 Å². The lowest BCUT2D eigenvalue weighted by Gasteiger charge is -2.26. The quantitative estimate of drug-likeness (QED) is 0.267. The number of fused-ring (bicyclic) bond motifs is 1. The van der Waals surface area contributed by atoms with E-state index in [1.807, 2.05) is 48.5 Å². The minimum atomic E-state index is -0.756. The second-order valence-electron chi connectivity index (χ2n) is 8.09. The maximum absolute atomic E-state index is 13.3. The van der Waals surface area contributed by atoms with Gasteiger partial charge in [-0.3, -0.25) is 14.6 Å². The fraction of sp³-hybridized carbons (Fsp3) is 0.107. The molecule has 1 aliphatic rings. The Morgan fingerprint density at radius 1 is 0.971 bits per heavy atom. The first-order chi connectivity index (χ1) is 16.6. The Morgan fingerprint density at radius 2 is 1.74 bits per heavy atom. The van der Waals surface area contributed by atoms with Crippen molar-refractivity contribution in [3.05, 3.63) is 114 Å². The predicted molar refractivity (Wildman–Crippen MR) is 129 cm³/mol. The van der Waals surface area contributed by atoms with Crippen LogP contribution >= 0.6 is 0 Å². The van der Waals surface area contributed by atoms with Crippen LogP contribution in [0.4, 0.5) is 0 Å². The van der Waals surface area contributed by atoms with E-state index in [-0.39, 0.29) is 17.9 Å². The van der Waals surface area contributed by atoms with Gasteiger partial charge < -0.3 is 14.7 Å². The van der Waals surface area contributed by atoms with Gasteiger partial charge in [0.15, 0.2) is 0 Å². The number of aromatic nitrogens is 1. The van der Waals surface area contributed by atoms with Crippen molar-refractivity contribution in [1.82, 2.24) is 9.88 Å². The fourth-order valence-electron chi connectivity index (χ4n) is 4.45. The summed E-state index contributed by atoms with van der Waals surface area (Å²) in [7, 11) is 1.55. The lowest BCUT2D eigenvalue weighted by molar-refractivity contribution is -0.140. The fourth-order valence-corrected chi connectivity index (χ4v) is 4.45. The number of pyridine rings is 1. The Labute approximate surface area is 196 Å². The van der Waals surface area contributed by atoms with Crippen LogP contribution in [-0.2, 0) is 16.1 Å². The zero-order valence-corrected chi connectivity index (χ0v) is 18.5. The third-order valence-corrected chi connectivity index (χ3v) is 6.10. The number of ether oxygens (including phenoxy) is 1. The standard InChI is InChI=1S/C28H22N2O4/c1-34-21-13-11-20(12-14-21)26(31)24-25(23-10-4-8-19-7-2-3-9-22(19)23)30(28(33)27(24)32)17-18-6-5-15-29-16-18/h2-16,25,31H,17H2,1H3/t25-/m1/s1. The zero-order chi connectivity index (χ0) is 23.7. The van der Waals surface area contributed by atoms with E-state index < -0.39 is 17.7 Å². The molecule has 2 heterocycles. The van der Waals surface area contributed by atoms with Crippen molar-refractivity contribution in [2.24, 2.45) is 0 Å². The first-order valence-electron chi connectivity index (χ1n) is 10.9. The molecule has 1 aromatic heterocycles. The summed E-state index contributed by atoms with van der Waals surface area (Å²) >= 11 is 0.